The third kappa shape index (κ3) is 5.41. The molecule has 4 heteroatoms. The van der Waals surface area contributed by atoms with E-state index in [0.717, 1.165) is 34.1 Å². The quantitative estimate of drug-likeness (QED) is 0.163. The van der Waals surface area contributed by atoms with Crippen LogP contribution >= 0.6 is 22.7 Å². The van der Waals surface area contributed by atoms with Crippen LogP contribution in [0.25, 0.3) is 51.5 Å². The minimum atomic E-state index is 1.13. The fraction of sp³-hybridized carbons (Fsp3) is 0. The number of hydrogen-bond donors (Lipinski definition) is 0. The lowest BCUT2D eigenvalue weighted by atomic mass is 10.0. The van der Waals surface area contributed by atoms with Gasteiger partial charge in [-0.05, 0) is 96.1 Å². The minimum absolute atomic E-state index is 1.13. The Morgan fingerprint density at radius 3 is 1.29 bits per heavy atom. The molecule has 0 aliphatic carbocycles. The van der Waals surface area contributed by atoms with Gasteiger partial charge in [0, 0.05) is 74.5 Å². The molecule has 10 rings (SSSR count). The standard InChI is InChI=1S/C48H32N2S2/c1-4-12-33(13-5-1)34-20-22-37(23-21-34)50(40-24-27-42-41-18-10-11-19-45(41)51-47(42)32-40)38-26-29-46-44(30-38)43-28-25-39(31-48(43)52-46)49(35-14-6-2-7-15-35)36-16-8-3-9-17-36/h1-32H. The zero-order chi connectivity index (χ0) is 34.4. The van der Waals surface area contributed by atoms with E-state index in [1.165, 1.54) is 51.5 Å². The maximum Gasteiger partial charge on any atom is 0.0476 e. The number of para-hydroxylation sites is 2. The van der Waals surface area contributed by atoms with Crippen LogP contribution in [0.2, 0.25) is 0 Å². The summed E-state index contributed by atoms with van der Waals surface area (Å²) in [5, 5.41) is 5.16. The van der Waals surface area contributed by atoms with E-state index in [1.807, 2.05) is 22.7 Å². The molecule has 0 amide bonds. The van der Waals surface area contributed by atoms with Gasteiger partial charge in [0.2, 0.25) is 0 Å². The Morgan fingerprint density at radius 1 is 0.250 bits per heavy atom. The molecule has 2 heterocycles. The van der Waals surface area contributed by atoms with E-state index >= 15 is 0 Å². The van der Waals surface area contributed by atoms with Crippen LogP contribution in [0, 0.1) is 0 Å². The number of rotatable bonds is 7. The Kier molecular flexibility index (Phi) is 7.56. The van der Waals surface area contributed by atoms with E-state index in [4.69, 9.17) is 0 Å². The maximum atomic E-state index is 2.41. The summed E-state index contributed by atoms with van der Waals surface area (Å²) in [6.45, 7) is 0. The molecule has 0 bridgehead atoms. The molecule has 2 nitrogen and oxygen atoms in total. The highest BCUT2D eigenvalue weighted by molar-refractivity contribution is 7.26. The van der Waals surface area contributed by atoms with Crippen LogP contribution < -0.4 is 9.80 Å². The predicted octanol–water partition coefficient (Wildman–Crippen LogP) is 15.0. The molecule has 52 heavy (non-hydrogen) atoms. The van der Waals surface area contributed by atoms with Gasteiger partial charge < -0.3 is 9.80 Å². The largest absolute Gasteiger partial charge is 0.310 e. The van der Waals surface area contributed by atoms with Crippen LogP contribution in [0.5, 0.6) is 0 Å². The van der Waals surface area contributed by atoms with Gasteiger partial charge in [-0.15, -0.1) is 22.7 Å². The summed E-state index contributed by atoms with van der Waals surface area (Å²) in [6, 6.07) is 70.3. The van der Waals surface area contributed by atoms with Crippen LogP contribution in [0.1, 0.15) is 0 Å². The summed E-state index contributed by atoms with van der Waals surface area (Å²) >= 11 is 3.72. The van der Waals surface area contributed by atoms with Gasteiger partial charge in [0.25, 0.3) is 0 Å². The third-order valence-electron chi connectivity index (χ3n) is 9.84. The number of anilines is 6. The van der Waals surface area contributed by atoms with Crippen molar-refractivity contribution in [1.82, 2.24) is 0 Å². The molecule has 0 atom stereocenters. The predicted molar refractivity (Wildman–Crippen MR) is 227 cm³/mol. The highest BCUT2D eigenvalue weighted by Gasteiger charge is 2.18. The highest BCUT2D eigenvalue weighted by atomic mass is 32.1. The molecular formula is C48H32N2S2. The second-order valence-electron chi connectivity index (χ2n) is 13.0. The van der Waals surface area contributed by atoms with Gasteiger partial charge in [0.05, 0.1) is 0 Å². The van der Waals surface area contributed by atoms with E-state index in [0.29, 0.717) is 0 Å². The molecule has 8 aromatic carbocycles. The van der Waals surface area contributed by atoms with Crippen LogP contribution in [0.15, 0.2) is 194 Å². The first-order chi connectivity index (χ1) is 25.8. The Labute approximate surface area is 310 Å². The van der Waals surface area contributed by atoms with Crippen molar-refractivity contribution in [2.75, 3.05) is 9.80 Å². The molecule has 0 fully saturated rings. The minimum Gasteiger partial charge on any atom is -0.310 e. The molecule has 0 spiro atoms. The van der Waals surface area contributed by atoms with E-state index in [2.05, 4.69) is 204 Å². The van der Waals surface area contributed by atoms with Gasteiger partial charge in [-0.2, -0.15) is 0 Å². The van der Waals surface area contributed by atoms with Crippen LogP contribution in [-0.2, 0) is 0 Å². The topological polar surface area (TPSA) is 6.48 Å². The molecule has 2 aromatic heterocycles. The highest BCUT2D eigenvalue weighted by Crippen LogP contribution is 2.45. The van der Waals surface area contributed by atoms with E-state index in [-0.39, 0.29) is 0 Å². The van der Waals surface area contributed by atoms with Gasteiger partial charge in [-0.1, -0.05) is 109 Å². The molecular weight excluding hydrogens is 669 g/mol. The van der Waals surface area contributed by atoms with Gasteiger partial charge in [-0.25, -0.2) is 0 Å². The molecule has 0 aliphatic rings. The molecule has 10 aromatic rings. The number of hydrogen-bond acceptors (Lipinski definition) is 4. The summed E-state index contributed by atoms with van der Waals surface area (Å²) in [5.74, 6) is 0. The Morgan fingerprint density at radius 2 is 0.654 bits per heavy atom. The second kappa shape index (κ2) is 12.8. The first-order valence-corrected chi connectivity index (χ1v) is 19.1. The Bertz CT molecular complexity index is 2800. The van der Waals surface area contributed by atoms with Crippen molar-refractivity contribution < 1.29 is 0 Å². The van der Waals surface area contributed by atoms with Gasteiger partial charge in [-0.3, -0.25) is 0 Å². The SMILES string of the molecule is c1ccc(-c2ccc(N(c3ccc4c(c3)sc3ccccc34)c3ccc4sc5cc(N(c6ccccc6)c6ccccc6)ccc5c4c3)cc2)cc1. The van der Waals surface area contributed by atoms with Crippen molar-refractivity contribution in [3.8, 4) is 11.1 Å². The average molecular weight is 701 g/mol. The summed E-state index contributed by atoms with van der Waals surface area (Å²) in [5.41, 5.74) is 9.27. The fourth-order valence-electron chi connectivity index (χ4n) is 7.37. The van der Waals surface area contributed by atoms with E-state index in [9.17, 15) is 0 Å². The molecule has 0 saturated heterocycles. The zero-order valence-electron chi connectivity index (χ0n) is 28.2. The first kappa shape index (κ1) is 30.6. The summed E-state index contributed by atoms with van der Waals surface area (Å²) in [4.78, 5) is 4.74. The molecule has 0 unspecified atom stereocenters. The lowest BCUT2D eigenvalue weighted by Gasteiger charge is -2.26. The first-order valence-electron chi connectivity index (χ1n) is 17.5. The van der Waals surface area contributed by atoms with E-state index in [1.54, 1.807) is 0 Å². The normalized spacial score (nSPS) is 11.5. The fourth-order valence-corrected chi connectivity index (χ4v) is 9.63. The van der Waals surface area contributed by atoms with Crippen molar-refractivity contribution in [1.29, 1.82) is 0 Å². The van der Waals surface area contributed by atoms with Gasteiger partial charge in [0.15, 0.2) is 0 Å². The lowest BCUT2D eigenvalue weighted by Crippen LogP contribution is -2.09. The summed E-state index contributed by atoms with van der Waals surface area (Å²) < 4.78 is 5.16. The van der Waals surface area contributed by atoms with Crippen molar-refractivity contribution >= 4 is 97.1 Å². The maximum absolute atomic E-state index is 2.41. The molecule has 0 radical (unpaired) electrons. The van der Waals surface area contributed by atoms with Crippen molar-refractivity contribution in [3.63, 3.8) is 0 Å². The average Bonchev–Trinajstić information content (AvgIpc) is 3.77. The Balaban J connectivity index is 1.10. The van der Waals surface area contributed by atoms with Gasteiger partial charge >= 0.3 is 0 Å². The Hall–Kier alpha value is -6.20. The number of thiophene rings is 2. The zero-order valence-corrected chi connectivity index (χ0v) is 29.8. The van der Waals surface area contributed by atoms with Crippen molar-refractivity contribution in [3.05, 3.63) is 194 Å². The number of benzene rings is 8. The van der Waals surface area contributed by atoms with E-state index < -0.39 is 0 Å². The molecule has 0 saturated carbocycles. The summed E-state index contributed by atoms with van der Waals surface area (Å²) in [7, 11) is 0. The van der Waals surface area contributed by atoms with Crippen LogP contribution in [0.3, 0.4) is 0 Å². The lowest BCUT2D eigenvalue weighted by molar-refractivity contribution is 1.29. The van der Waals surface area contributed by atoms with Crippen LogP contribution in [0.4, 0.5) is 34.1 Å². The molecule has 0 N–H and O–H groups in total. The third-order valence-corrected chi connectivity index (χ3v) is 12.1. The second-order valence-corrected chi connectivity index (χ2v) is 15.2. The molecule has 0 aliphatic heterocycles. The van der Waals surface area contributed by atoms with Crippen molar-refractivity contribution in [2.24, 2.45) is 0 Å². The van der Waals surface area contributed by atoms with Gasteiger partial charge in [0.1, 0.15) is 0 Å². The number of fused-ring (bicyclic) bond motifs is 6. The van der Waals surface area contributed by atoms with Crippen molar-refractivity contribution in [2.45, 2.75) is 0 Å². The summed E-state index contributed by atoms with van der Waals surface area (Å²) in [6.07, 6.45) is 0. The molecule has 246 valence electrons. The monoisotopic (exact) mass is 700 g/mol. The number of nitrogens with zero attached hydrogens (tertiary/aromatic N) is 2. The smallest absolute Gasteiger partial charge is 0.0476 e. The van der Waals surface area contributed by atoms with Crippen LogP contribution in [-0.4, -0.2) is 0 Å².